The van der Waals surface area contributed by atoms with Crippen molar-refractivity contribution in [2.45, 2.75) is 37.4 Å². The van der Waals surface area contributed by atoms with E-state index in [2.05, 4.69) is 9.62 Å². The third-order valence-electron chi connectivity index (χ3n) is 7.14. The lowest BCUT2D eigenvalue weighted by molar-refractivity contribution is 0.0341. The predicted molar refractivity (Wildman–Crippen MR) is 159 cm³/mol. The summed E-state index contributed by atoms with van der Waals surface area (Å²) in [5.74, 6) is 0.755. The highest BCUT2D eigenvalue weighted by atomic mass is 35.5. The Morgan fingerprint density at radius 3 is 2.46 bits per heavy atom. The number of nitrogens with one attached hydrogen (secondary N) is 1. The highest BCUT2D eigenvalue weighted by molar-refractivity contribution is 7.92. The maximum atomic E-state index is 13.7. The number of hydrogen-bond acceptors (Lipinski definition) is 7. The maximum absolute atomic E-state index is 13.7. The first kappa shape index (κ1) is 30.6. The average Bonchev–Trinajstić information content (AvgIpc) is 2.95. The molecular formula is C30H36ClN3O6S. The fourth-order valence-corrected chi connectivity index (χ4v) is 5.92. The molecule has 0 radical (unpaired) electrons. The SMILES string of the molecule is COc1ccc(CN(C)C[C@H]2Oc3ccc(NS(=O)(=O)c4ccc(Cl)cc4)cc3C(=O)N([C@@H](C)CO)C[C@H]2C)cc1. The maximum Gasteiger partial charge on any atom is 0.261 e. The van der Waals surface area contributed by atoms with Gasteiger partial charge in [-0.3, -0.25) is 14.4 Å². The average molecular weight is 602 g/mol. The molecule has 0 unspecified atom stereocenters. The molecule has 1 aliphatic rings. The Kier molecular flexibility index (Phi) is 9.80. The van der Waals surface area contributed by atoms with Gasteiger partial charge in [0.15, 0.2) is 0 Å². The monoisotopic (exact) mass is 601 g/mol. The summed E-state index contributed by atoms with van der Waals surface area (Å²) in [4.78, 5) is 17.5. The van der Waals surface area contributed by atoms with Gasteiger partial charge in [-0.15, -0.1) is 0 Å². The van der Waals surface area contributed by atoms with Crippen LogP contribution in [0, 0.1) is 5.92 Å². The van der Waals surface area contributed by atoms with E-state index in [0.717, 1.165) is 11.3 Å². The molecule has 0 aromatic heterocycles. The molecule has 3 aromatic rings. The van der Waals surface area contributed by atoms with Gasteiger partial charge < -0.3 is 19.5 Å². The van der Waals surface area contributed by atoms with Gasteiger partial charge in [0.1, 0.15) is 17.6 Å². The number of carbonyl (C=O) groups is 1. The Morgan fingerprint density at radius 2 is 1.83 bits per heavy atom. The predicted octanol–water partition coefficient (Wildman–Crippen LogP) is 4.50. The van der Waals surface area contributed by atoms with Crippen LogP contribution < -0.4 is 14.2 Å². The first-order valence-corrected chi connectivity index (χ1v) is 15.2. The van der Waals surface area contributed by atoms with E-state index in [1.807, 2.05) is 38.2 Å². The summed E-state index contributed by atoms with van der Waals surface area (Å²) < 4.78 is 40.2. The van der Waals surface area contributed by atoms with Crippen molar-refractivity contribution in [2.75, 3.05) is 38.6 Å². The quantitative estimate of drug-likeness (QED) is 0.352. The first-order valence-electron chi connectivity index (χ1n) is 13.3. The number of halogens is 1. The molecule has 220 valence electrons. The molecule has 1 amide bonds. The van der Waals surface area contributed by atoms with Gasteiger partial charge >= 0.3 is 0 Å². The molecule has 4 rings (SSSR count). The van der Waals surface area contributed by atoms with Gasteiger partial charge in [0, 0.05) is 36.3 Å². The van der Waals surface area contributed by atoms with E-state index in [0.29, 0.717) is 30.4 Å². The highest BCUT2D eigenvalue weighted by Crippen LogP contribution is 2.31. The van der Waals surface area contributed by atoms with Crippen molar-refractivity contribution in [2.24, 2.45) is 5.92 Å². The second-order valence-corrected chi connectivity index (χ2v) is 12.6. The van der Waals surface area contributed by atoms with Gasteiger partial charge in [0.05, 0.1) is 30.2 Å². The molecule has 3 aromatic carbocycles. The number of aliphatic hydroxyl groups excluding tert-OH is 1. The van der Waals surface area contributed by atoms with Crippen molar-refractivity contribution >= 4 is 33.2 Å². The summed E-state index contributed by atoms with van der Waals surface area (Å²) in [6.45, 7) is 5.22. The Bertz CT molecular complexity index is 1450. The number of likely N-dealkylation sites (N-methyl/N-ethyl adjacent to an activating group) is 1. The second-order valence-electron chi connectivity index (χ2n) is 10.4. The number of sulfonamides is 1. The molecule has 0 saturated heterocycles. The number of fused-ring (bicyclic) bond motifs is 1. The van der Waals surface area contributed by atoms with Crippen LogP contribution in [0.5, 0.6) is 11.5 Å². The zero-order chi connectivity index (χ0) is 29.7. The Labute approximate surface area is 246 Å². The highest BCUT2D eigenvalue weighted by Gasteiger charge is 2.33. The smallest absolute Gasteiger partial charge is 0.261 e. The molecule has 3 atom stereocenters. The topological polar surface area (TPSA) is 108 Å². The Morgan fingerprint density at radius 1 is 1.15 bits per heavy atom. The Hall–Kier alpha value is -3.31. The summed E-state index contributed by atoms with van der Waals surface area (Å²) in [5, 5.41) is 10.3. The normalized spacial score (nSPS) is 18.2. The molecular weight excluding hydrogens is 566 g/mol. The van der Waals surface area contributed by atoms with Crippen LogP contribution in [0.1, 0.15) is 29.8 Å². The van der Waals surface area contributed by atoms with Crippen LogP contribution in [0.2, 0.25) is 5.02 Å². The number of methoxy groups -OCH3 is 1. The summed E-state index contributed by atoms with van der Waals surface area (Å²) in [5.41, 5.74) is 1.56. The van der Waals surface area contributed by atoms with Crippen LogP contribution in [0.4, 0.5) is 5.69 Å². The van der Waals surface area contributed by atoms with Crippen molar-refractivity contribution in [3.8, 4) is 11.5 Å². The largest absolute Gasteiger partial charge is 0.497 e. The zero-order valence-electron chi connectivity index (χ0n) is 23.6. The first-order chi connectivity index (χ1) is 19.5. The van der Waals surface area contributed by atoms with Crippen molar-refractivity contribution in [3.63, 3.8) is 0 Å². The van der Waals surface area contributed by atoms with Crippen LogP contribution in [-0.2, 0) is 16.6 Å². The molecule has 0 aliphatic carbocycles. The van der Waals surface area contributed by atoms with Crippen molar-refractivity contribution in [1.29, 1.82) is 0 Å². The van der Waals surface area contributed by atoms with Crippen molar-refractivity contribution < 1.29 is 27.8 Å². The molecule has 1 heterocycles. The standard InChI is InChI=1S/C30H36ClN3O6S/c1-20-16-34(21(2)19-35)30(36)27-15-24(32-41(37,38)26-12-7-23(31)8-13-26)9-14-28(27)40-29(20)18-33(3)17-22-5-10-25(39-4)11-6-22/h5-15,20-21,29,32,35H,16-19H2,1-4H3/t20-,21+,29-/m1/s1. The minimum Gasteiger partial charge on any atom is -0.497 e. The van der Waals surface area contributed by atoms with Gasteiger partial charge in [-0.1, -0.05) is 30.7 Å². The van der Waals surface area contributed by atoms with Gasteiger partial charge in [-0.05, 0) is 74.1 Å². The molecule has 41 heavy (non-hydrogen) atoms. The van der Waals surface area contributed by atoms with Gasteiger partial charge in [-0.25, -0.2) is 8.42 Å². The number of anilines is 1. The van der Waals surface area contributed by atoms with E-state index in [1.165, 1.54) is 30.3 Å². The van der Waals surface area contributed by atoms with Crippen LogP contribution >= 0.6 is 11.6 Å². The number of nitrogens with zero attached hydrogens (tertiary/aromatic N) is 2. The minimum atomic E-state index is -3.92. The van der Waals surface area contributed by atoms with Gasteiger partial charge in [-0.2, -0.15) is 0 Å². The molecule has 0 fully saturated rings. The molecule has 0 spiro atoms. The molecule has 9 nitrogen and oxygen atoms in total. The lowest BCUT2D eigenvalue weighted by atomic mass is 9.99. The molecule has 11 heteroatoms. The van der Waals surface area contributed by atoms with Crippen molar-refractivity contribution in [3.05, 3.63) is 82.9 Å². The van der Waals surface area contributed by atoms with Crippen LogP contribution in [-0.4, -0.2) is 75.2 Å². The van der Waals surface area contributed by atoms with E-state index in [1.54, 1.807) is 31.1 Å². The molecule has 1 aliphatic heterocycles. The molecule has 0 bridgehead atoms. The van der Waals surface area contributed by atoms with E-state index >= 15 is 0 Å². The van der Waals surface area contributed by atoms with Gasteiger partial charge in [0.2, 0.25) is 0 Å². The lowest BCUT2D eigenvalue weighted by Crippen LogP contribution is -2.49. The summed E-state index contributed by atoms with van der Waals surface area (Å²) in [7, 11) is -0.281. The number of carbonyl (C=O) groups excluding carboxylic acids is 1. The second kappa shape index (κ2) is 13.1. The van der Waals surface area contributed by atoms with E-state index in [-0.39, 0.29) is 40.7 Å². The summed E-state index contributed by atoms with van der Waals surface area (Å²) >= 11 is 5.91. The van der Waals surface area contributed by atoms with E-state index < -0.39 is 16.1 Å². The van der Waals surface area contributed by atoms with Gasteiger partial charge in [0.25, 0.3) is 15.9 Å². The number of benzene rings is 3. The number of ether oxygens (including phenoxy) is 2. The number of aliphatic hydroxyl groups is 1. The minimum absolute atomic E-state index is 0.0422. The molecule has 2 N–H and O–H groups in total. The molecule has 0 saturated carbocycles. The summed E-state index contributed by atoms with van der Waals surface area (Å²) in [6.07, 6.45) is -0.282. The third kappa shape index (κ3) is 7.51. The van der Waals surface area contributed by atoms with Crippen LogP contribution in [0.15, 0.2) is 71.6 Å². The fraction of sp³-hybridized carbons (Fsp3) is 0.367. The van der Waals surface area contributed by atoms with Crippen LogP contribution in [0.25, 0.3) is 0 Å². The van der Waals surface area contributed by atoms with Crippen LogP contribution in [0.3, 0.4) is 0 Å². The third-order valence-corrected chi connectivity index (χ3v) is 8.79. The van der Waals surface area contributed by atoms with E-state index in [4.69, 9.17) is 21.1 Å². The number of rotatable bonds is 10. The fourth-order valence-electron chi connectivity index (χ4n) is 4.75. The van der Waals surface area contributed by atoms with E-state index in [9.17, 15) is 18.3 Å². The number of hydrogen-bond donors (Lipinski definition) is 2. The zero-order valence-corrected chi connectivity index (χ0v) is 25.2. The van der Waals surface area contributed by atoms with Crippen molar-refractivity contribution in [1.82, 2.24) is 9.80 Å². The summed E-state index contributed by atoms with van der Waals surface area (Å²) in [6, 6.07) is 17.9. The lowest BCUT2D eigenvalue weighted by Gasteiger charge is -2.38. The Balaban J connectivity index is 1.61. The number of amides is 1.